The fourth-order valence-corrected chi connectivity index (χ4v) is 2.94. The van der Waals surface area contributed by atoms with E-state index in [0.29, 0.717) is 19.3 Å². The van der Waals surface area contributed by atoms with Gasteiger partial charge >= 0.3 is 5.97 Å². The van der Waals surface area contributed by atoms with Gasteiger partial charge in [-0.05, 0) is 43.5 Å². The quantitative estimate of drug-likeness (QED) is 0.219. The van der Waals surface area contributed by atoms with Crippen molar-refractivity contribution in [2.45, 2.75) is 31.7 Å². The molecule has 0 saturated carbocycles. The van der Waals surface area contributed by atoms with Gasteiger partial charge < -0.3 is 36.2 Å². The Balaban J connectivity index is 1.85. The van der Waals surface area contributed by atoms with Crippen LogP contribution in [0.2, 0.25) is 0 Å². The van der Waals surface area contributed by atoms with Crippen LogP contribution in [0.1, 0.15) is 46.4 Å². The number of carbonyl (C=O) groups is 3. The molecule has 0 heterocycles. The Bertz CT molecular complexity index is 960. The van der Waals surface area contributed by atoms with Gasteiger partial charge in [-0.1, -0.05) is 12.1 Å². The number of amides is 2. The first kappa shape index (κ1) is 23.3. The van der Waals surface area contributed by atoms with Crippen LogP contribution in [-0.4, -0.2) is 55.9 Å². The Labute approximate surface area is 177 Å². The van der Waals surface area contributed by atoms with Crippen LogP contribution in [0, 0.1) is 0 Å². The number of aromatic hydroxyl groups is 4. The number of rotatable bonds is 10. The Morgan fingerprint density at radius 1 is 0.806 bits per heavy atom. The number of carboxylic acid groups (broad SMARTS) is 1. The van der Waals surface area contributed by atoms with E-state index in [-0.39, 0.29) is 24.1 Å². The van der Waals surface area contributed by atoms with E-state index in [1.165, 1.54) is 36.4 Å². The molecule has 31 heavy (non-hydrogen) atoms. The van der Waals surface area contributed by atoms with Gasteiger partial charge in [-0.2, -0.15) is 0 Å². The molecule has 2 amide bonds. The third kappa shape index (κ3) is 6.53. The summed E-state index contributed by atoms with van der Waals surface area (Å²) >= 11 is 0. The second-order valence-electron chi connectivity index (χ2n) is 6.87. The lowest BCUT2D eigenvalue weighted by molar-refractivity contribution is -0.137. The molecule has 2 aromatic rings. The van der Waals surface area contributed by atoms with Crippen LogP contribution < -0.4 is 10.6 Å². The van der Waals surface area contributed by atoms with Crippen molar-refractivity contribution in [1.82, 2.24) is 10.6 Å². The van der Waals surface area contributed by atoms with Crippen molar-refractivity contribution in [3.05, 3.63) is 47.5 Å². The van der Waals surface area contributed by atoms with Gasteiger partial charge in [-0.25, -0.2) is 0 Å². The predicted molar refractivity (Wildman–Crippen MR) is 109 cm³/mol. The van der Waals surface area contributed by atoms with Gasteiger partial charge in [0.1, 0.15) is 0 Å². The molecule has 166 valence electrons. The average molecular weight is 432 g/mol. The molecule has 2 rings (SSSR count). The minimum atomic E-state index is -1.11. The van der Waals surface area contributed by atoms with Crippen molar-refractivity contribution < 1.29 is 39.9 Å². The van der Waals surface area contributed by atoms with Crippen molar-refractivity contribution in [2.24, 2.45) is 0 Å². The first-order valence-electron chi connectivity index (χ1n) is 9.53. The number of phenols is 4. The Hall–Kier alpha value is -3.95. The third-order valence-corrected chi connectivity index (χ3v) is 4.54. The highest BCUT2D eigenvalue weighted by Gasteiger charge is 2.20. The summed E-state index contributed by atoms with van der Waals surface area (Å²) in [5.41, 5.74) is -0.240. The predicted octanol–water partition coefficient (Wildman–Crippen LogP) is 1.68. The molecule has 1 atom stereocenters. The maximum atomic E-state index is 12.3. The van der Waals surface area contributed by atoms with Gasteiger partial charge in [0.15, 0.2) is 23.0 Å². The van der Waals surface area contributed by atoms with Crippen LogP contribution in [0.25, 0.3) is 0 Å². The van der Waals surface area contributed by atoms with Crippen LogP contribution in [0.3, 0.4) is 0 Å². The van der Waals surface area contributed by atoms with E-state index in [2.05, 4.69) is 10.6 Å². The maximum Gasteiger partial charge on any atom is 0.305 e. The first-order valence-corrected chi connectivity index (χ1v) is 9.53. The maximum absolute atomic E-state index is 12.3. The van der Waals surface area contributed by atoms with Gasteiger partial charge in [0, 0.05) is 12.6 Å². The lowest BCUT2D eigenvalue weighted by atomic mass is 10.0. The summed E-state index contributed by atoms with van der Waals surface area (Å²) in [5, 5.41) is 52.6. The summed E-state index contributed by atoms with van der Waals surface area (Å²) in [6.07, 6.45) is 0.894. The molecule has 10 heteroatoms. The van der Waals surface area contributed by atoms with Gasteiger partial charge in [-0.3, -0.25) is 14.4 Å². The first-order chi connectivity index (χ1) is 14.7. The molecule has 0 aliphatic carbocycles. The third-order valence-electron chi connectivity index (χ3n) is 4.54. The topological polar surface area (TPSA) is 176 Å². The molecule has 0 fully saturated rings. The van der Waals surface area contributed by atoms with E-state index in [1.54, 1.807) is 0 Å². The highest BCUT2D eigenvalue weighted by Crippen LogP contribution is 2.29. The molecule has 0 saturated heterocycles. The molecule has 7 N–H and O–H groups in total. The molecule has 2 aromatic carbocycles. The minimum absolute atomic E-state index is 0.0676. The standard InChI is InChI=1S/C21H24N2O8/c24-15-8-3-6-13(18(15)28)20(30)22-10-2-1-5-12(11-17(26)27)23-21(31)14-7-4-9-16(25)19(14)29/h3-4,6-9,12,24-25,28-29H,1-2,5,10-11H2,(H,22,30)(H,23,31)(H,26,27)/t12-/m1/s1. The number of aliphatic carboxylic acids is 1. The smallest absolute Gasteiger partial charge is 0.305 e. The number of carbonyl (C=O) groups excluding carboxylic acids is 2. The van der Waals surface area contributed by atoms with Crippen molar-refractivity contribution in [3.8, 4) is 23.0 Å². The lowest BCUT2D eigenvalue weighted by Gasteiger charge is -2.17. The SMILES string of the molecule is O=C(O)C[C@@H](CCCCNC(=O)c1cccc(O)c1O)NC(=O)c1cccc(O)c1O. The number of benzene rings is 2. The van der Waals surface area contributed by atoms with Gasteiger partial charge in [0.25, 0.3) is 11.8 Å². The zero-order chi connectivity index (χ0) is 23.0. The van der Waals surface area contributed by atoms with E-state index in [4.69, 9.17) is 5.11 Å². The van der Waals surface area contributed by atoms with Gasteiger partial charge in [0.05, 0.1) is 17.5 Å². The number of nitrogens with one attached hydrogen (secondary N) is 2. The summed E-state index contributed by atoms with van der Waals surface area (Å²) in [7, 11) is 0. The second kappa shape index (κ2) is 10.7. The van der Waals surface area contributed by atoms with Crippen LogP contribution in [0.15, 0.2) is 36.4 Å². The van der Waals surface area contributed by atoms with Crippen LogP contribution >= 0.6 is 0 Å². The van der Waals surface area contributed by atoms with Crippen LogP contribution in [0.4, 0.5) is 0 Å². The van der Waals surface area contributed by atoms with Crippen molar-refractivity contribution in [2.75, 3.05) is 6.54 Å². The lowest BCUT2D eigenvalue weighted by Crippen LogP contribution is -2.36. The monoisotopic (exact) mass is 432 g/mol. The normalized spacial score (nSPS) is 11.5. The summed E-state index contributed by atoms with van der Waals surface area (Å²) in [6.45, 7) is 0.231. The Morgan fingerprint density at radius 2 is 1.35 bits per heavy atom. The van der Waals surface area contributed by atoms with E-state index in [9.17, 15) is 34.8 Å². The molecule has 10 nitrogen and oxygen atoms in total. The van der Waals surface area contributed by atoms with E-state index in [0.717, 1.165) is 0 Å². The molecular formula is C21H24N2O8. The highest BCUT2D eigenvalue weighted by molar-refractivity contribution is 5.98. The average Bonchev–Trinajstić information content (AvgIpc) is 2.71. The fraction of sp³-hybridized carbons (Fsp3) is 0.286. The van der Waals surface area contributed by atoms with E-state index < -0.39 is 46.8 Å². The van der Waals surface area contributed by atoms with Crippen molar-refractivity contribution in [3.63, 3.8) is 0 Å². The fourth-order valence-electron chi connectivity index (χ4n) is 2.94. The molecule has 0 aliphatic rings. The summed E-state index contributed by atoms with van der Waals surface area (Å²) < 4.78 is 0. The van der Waals surface area contributed by atoms with Crippen molar-refractivity contribution >= 4 is 17.8 Å². The highest BCUT2D eigenvalue weighted by atomic mass is 16.4. The van der Waals surface area contributed by atoms with Crippen LogP contribution in [-0.2, 0) is 4.79 Å². The number of phenolic OH excluding ortho intramolecular Hbond substituents is 4. The summed E-state index contributed by atoms with van der Waals surface area (Å²) in [4.78, 5) is 35.5. The molecule has 0 spiro atoms. The number of hydrogen-bond donors (Lipinski definition) is 7. The number of unbranched alkanes of at least 4 members (excludes halogenated alkanes) is 1. The number of hydrogen-bond acceptors (Lipinski definition) is 7. The minimum Gasteiger partial charge on any atom is -0.504 e. The zero-order valence-electron chi connectivity index (χ0n) is 16.5. The summed E-state index contributed by atoms with van der Waals surface area (Å²) in [6, 6.07) is 7.20. The van der Waals surface area contributed by atoms with Gasteiger partial charge in [-0.15, -0.1) is 0 Å². The largest absolute Gasteiger partial charge is 0.504 e. The summed E-state index contributed by atoms with van der Waals surface area (Å²) in [5.74, 6) is -4.37. The molecule has 0 aliphatic heterocycles. The molecule has 0 bridgehead atoms. The molecular weight excluding hydrogens is 408 g/mol. The molecule has 0 aromatic heterocycles. The zero-order valence-corrected chi connectivity index (χ0v) is 16.5. The van der Waals surface area contributed by atoms with E-state index in [1.807, 2.05) is 0 Å². The number of carboxylic acids is 1. The molecule has 0 unspecified atom stereocenters. The van der Waals surface area contributed by atoms with Crippen LogP contribution in [0.5, 0.6) is 23.0 Å². The Morgan fingerprint density at radius 3 is 1.90 bits per heavy atom. The van der Waals surface area contributed by atoms with E-state index >= 15 is 0 Å². The van der Waals surface area contributed by atoms with Crippen molar-refractivity contribution in [1.29, 1.82) is 0 Å². The van der Waals surface area contributed by atoms with Gasteiger partial charge in [0.2, 0.25) is 0 Å². The molecule has 0 radical (unpaired) electrons. The Kier molecular flexibility index (Phi) is 8.07. The number of para-hydroxylation sites is 2. The second-order valence-corrected chi connectivity index (χ2v) is 6.87.